The third kappa shape index (κ3) is 4.61. The molecule has 0 bridgehead atoms. The first-order valence-electron chi connectivity index (χ1n) is 6.63. The molecule has 1 aromatic carbocycles. The average molecular weight is 297 g/mol. The summed E-state index contributed by atoms with van der Waals surface area (Å²) in [5, 5.41) is 7.27. The van der Waals surface area contributed by atoms with Crippen LogP contribution in [0, 0.1) is 18.3 Å². The van der Waals surface area contributed by atoms with Crippen molar-refractivity contribution in [1.29, 1.82) is 5.41 Å². The zero-order chi connectivity index (χ0) is 15.3. The van der Waals surface area contributed by atoms with Gasteiger partial charge in [-0.1, -0.05) is 26.0 Å². The van der Waals surface area contributed by atoms with Gasteiger partial charge in [0.25, 0.3) is 0 Å². The number of hydrogen-bond acceptors (Lipinski definition) is 3. The van der Waals surface area contributed by atoms with E-state index in [1.165, 1.54) is 4.31 Å². The molecule has 0 fully saturated rings. The molecule has 6 heteroatoms. The summed E-state index contributed by atoms with van der Waals surface area (Å²) >= 11 is 0. The van der Waals surface area contributed by atoms with Crippen LogP contribution < -0.4 is 5.73 Å². The van der Waals surface area contributed by atoms with E-state index in [1.807, 2.05) is 26.8 Å². The molecular weight excluding hydrogens is 274 g/mol. The molecule has 0 amide bonds. The molecule has 0 aromatic heterocycles. The van der Waals surface area contributed by atoms with E-state index in [0.717, 1.165) is 5.56 Å². The third-order valence-electron chi connectivity index (χ3n) is 2.83. The lowest BCUT2D eigenvalue weighted by Gasteiger charge is -2.24. The summed E-state index contributed by atoms with van der Waals surface area (Å²) in [6, 6.07) is 6.86. The van der Waals surface area contributed by atoms with E-state index in [0.29, 0.717) is 11.4 Å². The first kappa shape index (κ1) is 16.7. The van der Waals surface area contributed by atoms with Crippen LogP contribution in [0.1, 0.15) is 25.8 Å². The highest BCUT2D eigenvalue weighted by atomic mass is 32.2. The number of sulfonamides is 1. The largest absolute Gasteiger partial charge is 0.388 e. The molecule has 0 saturated heterocycles. The fraction of sp³-hybridized carbons (Fsp3) is 0.500. The maximum atomic E-state index is 12.6. The normalized spacial score (nSPS) is 12.1. The zero-order valence-electron chi connectivity index (χ0n) is 12.3. The van der Waals surface area contributed by atoms with Gasteiger partial charge in [0.1, 0.15) is 0 Å². The molecule has 0 radical (unpaired) electrons. The number of rotatable bonds is 7. The van der Waals surface area contributed by atoms with Crippen LogP contribution >= 0.6 is 0 Å². The predicted octanol–water partition coefficient (Wildman–Crippen LogP) is 1.97. The minimum absolute atomic E-state index is 0.00167. The van der Waals surface area contributed by atoms with Gasteiger partial charge in [-0.15, -0.1) is 0 Å². The molecule has 0 atom stereocenters. The van der Waals surface area contributed by atoms with Crippen molar-refractivity contribution >= 4 is 15.9 Å². The second kappa shape index (κ2) is 6.85. The number of nitrogens with two attached hydrogens (primary N) is 1. The Labute approximate surface area is 121 Å². The van der Waals surface area contributed by atoms with Crippen LogP contribution in [0.25, 0.3) is 0 Å². The van der Waals surface area contributed by atoms with Gasteiger partial charge in [0.2, 0.25) is 10.0 Å². The Balaban J connectivity index is 3.06. The smallest absolute Gasteiger partial charge is 0.243 e. The standard InChI is InChI=1S/C14H23N3O2S/c1-11(2)10-17(8-7-14(15)16)20(18,19)13-6-4-5-12(3)9-13/h4-6,9,11H,7-8,10H2,1-3H3,(H3,15,16). The van der Waals surface area contributed by atoms with Crippen LogP contribution in [-0.2, 0) is 10.0 Å². The number of hydrogen-bond donors (Lipinski definition) is 2. The van der Waals surface area contributed by atoms with Crippen LogP contribution in [0.3, 0.4) is 0 Å². The summed E-state index contributed by atoms with van der Waals surface area (Å²) in [5.74, 6) is 0.208. The highest BCUT2D eigenvalue weighted by Gasteiger charge is 2.25. The maximum absolute atomic E-state index is 12.6. The number of amidine groups is 1. The van der Waals surface area contributed by atoms with Crippen molar-refractivity contribution in [1.82, 2.24) is 4.31 Å². The van der Waals surface area contributed by atoms with Crippen molar-refractivity contribution in [3.8, 4) is 0 Å². The van der Waals surface area contributed by atoms with Gasteiger partial charge in [0.15, 0.2) is 0 Å². The van der Waals surface area contributed by atoms with Gasteiger partial charge in [-0.25, -0.2) is 8.42 Å². The maximum Gasteiger partial charge on any atom is 0.243 e. The quantitative estimate of drug-likeness (QED) is 0.596. The Morgan fingerprint density at radius 3 is 2.55 bits per heavy atom. The van der Waals surface area contributed by atoms with Crippen LogP contribution in [0.15, 0.2) is 29.2 Å². The SMILES string of the molecule is Cc1cccc(S(=O)(=O)N(CCC(=N)N)CC(C)C)c1. The first-order chi connectivity index (χ1) is 9.23. The minimum atomic E-state index is -3.53. The van der Waals surface area contributed by atoms with E-state index in [1.54, 1.807) is 18.2 Å². The van der Waals surface area contributed by atoms with Crippen LogP contribution in [0.5, 0.6) is 0 Å². The van der Waals surface area contributed by atoms with Gasteiger partial charge in [0.05, 0.1) is 10.7 Å². The first-order valence-corrected chi connectivity index (χ1v) is 8.07. The molecule has 0 aliphatic rings. The number of benzene rings is 1. The second-order valence-corrected chi connectivity index (χ2v) is 7.29. The average Bonchev–Trinajstić information content (AvgIpc) is 2.33. The van der Waals surface area contributed by atoms with Gasteiger partial charge >= 0.3 is 0 Å². The molecule has 5 nitrogen and oxygen atoms in total. The molecule has 112 valence electrons. The lowest BCUT2D eigenvalue weighted by Crippen LogP contribution is -2.36. The van der Waals surface area contributed by atoms with Crippen molar-refractivity contribution < 1.29 is 8.42 Å². The fourth-order valence-corrected chi connectivity index (χ4v) is 3.60. The van der Waals surface area contributed by atoms with Gasteiger partial charge < -0.3 is 5.73 Å². The van der Waals surface area contributed by atoms with E-state index in [9.17, 15) is 8.42 Å². The summed E-state index contributed by atoms with van der Waals surface area (Å²) in [5.41, 5.74) is 6.24. The van der Waals surface area contributed by atoms with E-state index in [-0.39, 0.29) is 24.7 Å². The van der Waals surface area contributed by atoms with Crippen LogP contribution in [-0.4, -0.2) is 31.6 Å². The molecule has 0 aliphatic heterocycles. The van der Waals surface area contributed by atoms with Crippen LogP contribution in [0.2, 0.25) is 0 Å². The summed E-state index contributed by atoms with van der Waals surface area (Å²) in [7, 11) is -3.53. The Morgan fingerprint density at radius 1 is 1.40 bits per heavy atom. The lowest BCUT2D eigenvalue weighted by molar-refractivity contribution is 0.374. The molecule has 0 unspecified atom stereocenters. The summed E-state index contributed by atoms with van der Waals surface area (Å²) in [6.07, 6.45) is 0.248. The third-order valence-corrected chi connectivity index (χ3v) is 4.69. The Hall–Kier alpha value is -1.40. The van der Waals surface area contributed by atoms with Crippen molar-refractivity contribution in [2.24, 2.45) is 11.7 Å². The molecule has 0 aliphatic carbocycles. The van der Waals surface area contributed by atoms with E-state index in [4.69, 9.17) is 11.1 Å². The molecule has 0 spiro atoms. The molecular formula is C14H23N3O2S. The van der Waals surface area contributed by atoms with Gasteiger partial charge in [0, 0.05) is 19.5 Å². The summed E-state index contributed by atoms with van der Waals surface area (Å²) in [6.45, 7) is 6.45. The fourth-order valence-electron chi connectivity index (χ4n) is 1.89. The van der Waals surface area contributed by atoms with E-state index >= 15 is 0 Å². The molecule has 3 N–H and O–H groups in total. The van der Waals surface area contributed by atoms with Crippen molar-refractivity contribution in [2.75, 3.05) is 13.1 Å². The van der Waals surface area contributed by atoms with Crippen molar-refractivity contribution in [2.45, 2.75) is 32.1 Å². The molecule has 20 heavy (non-hydrogen) atoms. The number of nitrogens with one attached hydrogen (secondary N) is 1. The zero-order valence-corrected chi connectivity index (χ0v) is 13.1. The predicted molar refractivity (Wildman–Crippen MR) is 81.3 cm³/mol. The van der Waals surface area contributed by atoms with Gasteiger partial charge in [-0.3, -0.25) is 5.41 Å². The number of nitrogens with zero attached hydrogens (tertiary/aromatic N) is 1. The highest BCUT2D eigenvalue weighted by molar-refractivity contribution is 7.89. The van der Waals surface area contributed by atoms with Gasteiger partial charge in [-0.2, -0.15) is 4.31 Å². The monoisotopic (exact) mass is 297 g/mol. The molecule has 1 aromatic rings. The molecule has 0 saturated carbocycles. The Morgan fingerprint density at radius 2 is 2.05 bits per heavy atom. The Bertz CT molecular complexity index is 568. The highest BCUT2D eigenvalue weighted by Crippen LogP contribution is 2.18. The second-order valence-electron chi connectivity index (χ2n) is 5.35. The Kier molecular flexibility index (Phi) is 5.71. The van der Waals surface area contributed by atoms with E-state index < -0.39 is 10.0 Å². The summed E-state index contributed by atoms with van der Waals surface area (Å²) in [4.78, 5) is 0.293. The summed E-state index contributed by atoms with van der Waals surface area (Å²) < 4.78 is 26.7. The van der Waals surface area contributed by atoms with Gasteiger partial charge in [-0.05, 0) is 30.5 Å². The van der Waals surface area contributed by atoms with Crippen molar-refractivity contribution in [3.05, 3.63) is 29.8 Å². The van der Waals surface area contributed by atoms with E-state index in [2.05, 4.69) is 0 Å². The lowest BCUT2D eigenvalue weighted by atomic mass is 10.2. The minimum Gasteiger partial charge on any atom is -0.388 e. The topological polar surface area (TPSA) is 87.2 Å². The molecule has 1 rings (SSSR count). The van der Waals surface area contributed by atoms with Crippen LogP contribution in [0.4, 0.5) is 0 Å². The molecule has 0 heterocycles. The number of aryl methyl sites for hydroxylation is 1. The van der Waals surface area contributed by atoms with Crippen molar-refractivity contribution in [3.63, 3.8) is 0 Å².